The maximum atomic E-state index is 12.2. The molecule has 0 bridgehead atoms. The molecule has 0 fully saturated rings. The SMILES string of the molecule is COc1ccc(Cl)cc1NC(=O)[C@H](C)OC(=O)C1=CCC(=O)NN1. The molecule has 0 aliphatic carbocycles. The molecule has 9 heteroatoms. The summed E-state index contributed by atoms with van der Waals surface area (Å²) in [6.07, 6.45) is 0.366. The summed E-state index contributed by atoms with van der Waals surface area (Å²) in [5.74, 6) is -1.16. The lowest BCUT2D eigenvalue weighted by molar-refractivity contribution is -0.149. The first-order valence-corrected chi connectivity index (χ1v) is 7.39. The Morgan fingerprint density at radius 2 is 2.08 bits per heavy atom. The van der Waals surface area contributed by atoms with E-state index in [4.69, 9.17) is 21.1 Å². The monoisotopic (exact) mass is 353 g/mol. The van der Waals surface area contributed by atoms with Gasteiger partial charge in [0.2, 0.25) is 5.91 Å². The quantitative estimate of drug-likeness (QED) is 0.685. The summed E-state index contributed by atoms with van der Waals surface area (Å²) in [5.41, 5.74) is 5.12. The van der Waals surface area contributed by atoms with Crippen molar-refractivity contribution in [2.45, 2.75) is 19.4 Å². The molecule has 1 aliphatic rings. The zero-order chi connectivity index (χ0) is 17.7. The highest BCUT2D eigenvalue weighted by Crippen LogP contribution is 2.27. The van der Waals surface area contributed by atoms with E-state index in [0.717, 1.165) is 0 Å². The molecule has 0 saturated heterocycles. The maximum absolute atomic E-state index is 12.2. The normalized spacial score (nSPS) is 14.6. The number of hydrogen-bond donors (Lipinski definition) is 3. The van der Waals surface area contributed by atoms with Crippen LogP contribution in [0.4, 0.5) is 5.69 Å². The van der Waals surface area contributed by atoms with E-state index in [2.05, 4.69) is 16.2 Å². The molecular formula is C15H16ClN3O5. The molecule has 0 saturated carbocycles. The third kappa shape index (κ3) is 4.39. The molecule has 1 heterocycles. The van der Waals surface area contributed by atoms with Crippen LogP contribution in [0.25, 0.3) is 0 Å². The number of halogens is 1. The molecule has 1 atom stereocenters. The number of hydrazine groups is 1. The van der Waals surface area contributed by atoms with Gasteiger partial charge < -0.3 is 14.8 Å². The first-order chi connectivity index (χ1) is 11.4. The van der Waals surface area contributed by atoms with E-state index in [1.807, 2.05) is 0 Å². The second kappa shape index (κ2) is 7.69. The van der Waals surface area contributed by atoms with Crippen molar-refractivity contribution in [3.8, 4) is 5.75 Å². The van der Waals surface area contributed by atoms with Gasteiger partial charge in [0, 0.05) is 11.4 Å². The second-order valence-electron chi connectivity index (χ2n) is 4.88. The molecule has 2 rings (SSSR count). The number of methoxy groups -OCH3 is 1. The van der Waals surface area contributed by atoms with Crippen molar-refractivity contribution in [3.63, 3.8) is 0 Å². The maximum Gasteiger partial charge on any atom is 0.356 e. The zero-order valence-electron chi connectivity index (χ0n) is 13.0. The van der Waals surface area contributed by atoms with Crippen LogP contribution in [0.3, 0.4) is 0 Å². The molecule has 1 aliphatic heterocycles. The molecule has 0 spiro atoms. The van der Waals surface area contributed by atoms with Gasteiger partial charge in [-0.15, -0.1) is 0 Å². The number of nitrogens with one attached hydrogen (secondary N) is 3. The van der Waals surface area contributed by atoms with Gasteiger partial charge >= 0.3 is 5.97 Å². The summed E-state index contributed by atoms with van der Waals surface area (Å²) in [6, 6.07) is 4.75. The van der Waals surface area contributed by atoms with Crippen LogP contribution in [-0.2, 0) is 19.1 Å². The predicted octanol–water partition coefficient (Wildman–Crippen LogP) is 1.13. The smallest absolute Gasteiger partial charge is 0.356 e. The van der Waals surface area contributed by atoms with Gasteiger partial charge in [0.05, 0.1) is 12.8 Å². The van der Waals surface area contributed by atoms with Gasteiger partial charge in [-0.05, 0) is 31.2 Å². The first-order valence-electron chi connectivity index (χ1n) is 7.01. The summed E-state index contributed by atoms with van der Waals surface area (Å²) in [6.45, 7) is 1.42. The highest BCUT2D eigenvalue weighted by molar-refractivity contribution is 6.31. The number of carbonyl (C=O) groups excluding carboxylic acids is 3. The number of carbonyl (C=O) groups is 3. The fraction of sp³-hybridized carbons (Fsp3) is 0.267. The summed E-state index contributed by atoms with van der Waals surface area (Å²) in [7, 11) is 1.46. The molecule has 3 N–H and O–H groups in total. The lowest BCUT2D eigenvalue weighted by Gasteiger charge is -2.18. The number of amides is 2. The van der Waals surface area contributed by atoms with Crippen LogP contribution in [0.1, 0.15) is 13.3 Å². The summed E-state index contributed by atoms with van der Waals surface area (Å²) >= 11 is 5.89. The van der Waals surface area contributed by atoms with E-state index in [1.165, 1.54) is 26.2 Å². The van der Waals surface area contributed by atoms with Crippen molar-refractivity contribution in [3.05, 3.63) is 35.0 Å². The van der Waals surface area contributed by atoms with Crippen molar-refractivity contribution in [1.82, 2.24) is 10.9 Å². The number of hydrogen-bond acceptors (Lipinski definition) is 6. The Morgan fingerprint density at radius 1 is 1.33 bits per heavy atom. The Kier molecular flexibility index (Phi) is 5.64. The van der Waals surface area contributed by atoms with E-state index < -0.39 is 18.0 Å². The average molecular weight is 354 g/mol. The zero-order valence-corrected chi connectivity index (χ0v) is 13.8. The number of esters is 1. The van der Waals surface area contributed by atoms with Crippen LogP contribution >= 0.6 is 11.6 Å². The topological polar surface area (TPSA) is 106 Å². The van der Waals surface area contributed by atoms with Gasteiger partial charge in [0.15, 0.2) is 6.10 Å². The van der Waals surface area contributed by atoms with E-state index in [0.29, 0.717) is 16.5 Å². The minimum atomic E-state index is -1.07. The number of anilines is 1. The third-order valence-corrected chi connectivity index (χ3v) is 3.36. The van der Waals surface area contributed by atoms with Crippen LogP contribution in [0.15, 0.2) is 30.0 Å². The van der Waals surface area contributed by atoms with Gasteiger partial charge in [-0.1, -0.05) is 11.6 Å². The van der Waals surface area contributed by atoms with Gasteiger partial charge in [-0.2, -0.15) is 0 Å². The minimum absolute atomic E-state index is 0.0533. The Hall–Kier alpha value is -2.74. The number of ether oxygens (including phenoxy) is 2. The van der Waals surface area contributed by atoms with Crippen molar-refractivity contribution in [1.29, 1.82) is 0 Å². The molecule has 0 radical (unpaired) electrons. The van der Waals surface area contributed by atoms with Gasteiger partial charge in [0.25, 0.3) is 5.91 Å². The summed E-state index contributed by atoms with van der Waals surface area (Å²) in [4.78, 5) is 35.1. The van der Waals surface area contributed by atoms with Crippen molar-refractivity contribution < 1.29 is 23.9 Å². The van der Waals surface area contributed by atoms with Crippen LogP contribution in [-0.4, -0.2) is 31.0 Å². The lowest BCUT2D eigenvalue weighted by Crippen LogP contribution is -2.43. The predicted molar refractivity (Wildman–Crippen MR) is 86.2 cm³/mol. The highest BCUT2D eigenvalue weighted by Gasteiger charge is 2.23. The van der Waals surface area contributed by atoms with Crippen molar-refractivity contribution in [2.75, 3.05) is 12.4 Å². The standard InChI is InChI=1S/C15H16ClN3O5/c1-8(24-15(22)10-4-6-13(20)19-18-10)14(21)17-11-7-9(16)3-5-12(11)23-2/h3-5,7-8,18H,6H2,1-2H3,(H,17,21)(H,19,20)/t8-/m0/s1. The van der Waals surface area contributed by atoms with E-state index in [9.17, 15) is 14.4 Å². The van der Waals surface area contributed by atoms with E-state index in [1.54, 1.807) is 12.1 Å². The van der Waals surface area contributed by atoms with Gasteiger partial charge in [-0.25, -0.2) is 4.79 Å². The summed E-state index contributed by atoms with van der Waals surface area (Å²) in [5, 5.41) is 3.00. The fourth-order valence-corrected chi connectivity index (χ4v) is 2.03. The summed E-state index contributed by atoms with van der Waals surface area (Å²) < 4.78 is 10.2. The van der Waals surface area contributed by atoms with Crippen LogP contribution < -0.4 is 20.9 Å². The van der Waals surface area contributed by atoms with Crippen molar-refractivity contribution in [2.24, 2.45) is 0 Å². The number of rotatable bonds is 5. The largest absolute Gasteiger partial charge is 0.495 e. The number of benzene rings is 1. The average Bonchev–Trinajstić information content (AvgIpc) is 2.55. The lowest BCUT2D eigenvalue weighted by atomic mass is 10.2. The Bertz CT molecular complexity index is 704. The first kappa shape index (κ1) is 17.6. The van der Waals surface area contributed by atoms with Crippen molar-refractivity contribution >= 4 is 35.1 Å². The molecule has 128 valence electrons. The highest BCUT2D eigenvalue weighted by atomic mass is 35.5. The molecule has 24 heavy (non-hydrogen) atoms. The van der Waals surface area contributed by atoms with E-state index >= 15 is 0 Å². The Balaban J connectivity index is 1.99. The van der Waals surface area contributed by atoms with Gasteiger partial charge in [0.1, 0.15) is 11.4 Å². The fourth-order valence-electron chi connectivity index (χ4n) is 1.86. The van der Waals surface area contributed by atoms with E-state index in [-0.39, 0.29) is 18.0 Å². The van der Waals surface area contributed by atoms with Crippen LogP contribution in [0.5, 0.6) is 5.75 Å². The van der Waals surface area contributed by atoms with Crippen LogP contribution in [0, 0.1) is 0 Å². The molecule has 0 aromatic heterocycles. The molecule has 8 nitrogen and oxygen atoms in total. The molecule has 1 aromatic rings. The van der Waals surface area contributed by atoms with Crippen LogP contribution in [0.2, 0.25) is 5.02 Å². The third-order valence-electron chi connectivity index (χ3n) is 3.12. The Labute approximate surface area is 143 Å². The van der Waals surface area contributed by atoms with Gasteiger partial charge in [-0.3, -0.25) is 20.4 Å². The molecule has 2 amide bonds. The Morgan fingerprint density at radius 3 is 2.71 bits per heavy atom. The minimum Gasteiger partial charge on any atom is -0.495 e. The molecular weight excluding hydrogens is 338 g/mol. The second-order valence-corrected chi connectivity index (χ2v) is 5.31. The molecule has 0 unspecified atom stereocenters. The molecule has 1 aromatic carbocycles.